The Labute approximate surface area is 188 Å². The first kappa shape index (κ1) is 21.7. The van der Waals surface area contributed by atoms with Crippen molar-refractivity contribution in [2.75, 3.05) is 20.3 Å². The minimum absolute atomic E-state index is 0.0171. The Hall–Kier alpha value is -3.51. The lowest BCUT2D eigenvalue weighted by Crippen LogP contribution is -2.35. The van der Waals surface area contributed by atoms with Crippen molar-refractivity contribution in [1.29, 1.82) is 0 Å². The molecule has 0 bridgehead atoms. The fourth-order valence-corrected chi connectivity index (χ4v) is 3.74. The van der Waals surface area contributed by atoms with Crippen molar-refractivity contribution in [2.45, 2.75) is 26.8 Å². The zero-order valence-electron chi connectivity index (χ0n) is 18.8. The molecule has 0 radical (unpaired) electrons. The third-order valence-corrected chi connectivity index (χ3v) is 5.52. The van der Waals surface area contributed by atoms with Crippen LogP contribution in [-0.2, 0) is 22.5 Å². The normalized spacial score (nSPS) is 11.1. The molecule has 3 heterocycles. The van der Waals surface area contributed by atoms with E-state index in [1.165, 1.54) is 5.56 Å². The Kier molecular flexibility index (Phi) is 6.61. The number of benzene rings is 1. The number of amides is 1. The van der Waals surface area contributed by atoms with Crippen molar-refractivity contribution in [2.24, 2.45) is 0 Å². The number of carbonyl (C=O) groups is 1. The zero-order chi connectivity index (χ0) is 22.5. The van der Waals surface area contributed by atoms with Crippen molar-refractivity contribution in [1.82, 2.24) is 19.3 Å². The molecule has 1 aromatic carbocycles. The molecule has 6 nitrogen and oxygen atoms in total. The maximum atomic E-state index is 13.5. The summed E-state index contributed by atoms with van der Waals surface area (Å²) >= 11 is 0. The largest absolute Gasteiger partial charge is 0.383 e. The number of hydrogen-bond donors (Lipinski definition) is 0. The van der Waals surface area contributed by atoms with E-state index < -0.39 is 0 Å². The monoisotopic (exact) mass is 428 g/mol. The smallest absolute Gasteiger partial charge is 0.229 e. The van der Waals surface area contributed by atoms with Crippen LogP contribution in [0, 0.1) is 13.8 Å². The third kappa shape index (κ3) is 4.86. The van der Waals surface area contributed by atoms with E-state index in [4.69, 9.17) is 9.72 Å². The lowest BCUT2D eigenvalue weighted by atomic mass is 10.1. The summed E-state index contributed by atoms with van der Waals surface area (Å²) in [6.45, 7) is 5.52. The van der Waals surface area contributed by atoms with Gasteiger partial charge in [-0.2, -0.15) is 0 Å². The SMILES string of the molecule is COCCN(Cc1ccccn1)C(=O)Cc1c(-c2ccc(C)cc2)nc2cc(C)ccn12. The second-order valence-corrected chi connectivity index (χ2v) is 8.01. The molecule has 0 N–H and O–H groups in total. The lowest BCUT2D eigenvalue weighted by molar-refractivity contribution is -0.131. The van der Waals surface area contributed by atoms with Crippen LogP contribution in [0.15, 0.2) is 67.0 Å². The second kappa shape index (κ2) is 9.75. The van der Waals surface area contributed by atoms with Crippen molar-refractivity contribution in [3.8, 4) is 11.3 Å². The summed E-state index contributed by atoms with van der Waals surface area (Å²) in [5, 5.41) is 0. The molecular formula is C26H28N4O2. The Morgan fingerprint density at radius 1 is 1.06 bits per heavy atom. The molecule has 4 rings (SSSR count). The summed E-state index contributed by atoms with van der Waals surface area (Å²) in [7, 11) is 1.64. The Bertz CT molecular complexity index is 1200. The van der Waals surface area contributed by atoms with Gasteiger partial charge in [0.25, 0.3) is 0 Å². The van der Waals surface area contributed by atoms with Crippen molar-refractivity contribution in [3.05, 3.63) is 89.5 Å². The van der Waals surface area contributed by atoms with Crippen LogP contribution in [0.2, 0.25) is 0 Å². The highest BCUT2D eigenvalue weighted by Crippen LogP contribution is 2.26. The molecule has 3 aromatic heterocycles. The van der Waals surface area contributed by atoms with Gasteiger partial charge in [-0.3, -0.25) is 9.78 Å². The molecule has 164 valence electrons. The number of imidazole rings is 1. The molecule has 6 heteroatoms. The number of carbonyl (C=O) groups excluding carboxylic acids is 1. The molecule has 0 fully saturated rings. The minimum Gasteiger partial charge on any atom is -0.383 e. The van der Waals surface area contributed by atoms with E-state index in [-0.39, 0.29) is 12.3 Å². The van der Waals surface area contributed by atoms with E-state index in [9.17, 15) is 4.79 Å². The maximum absolute atomic E-state index is 13.5. The van der Waals surface area contributed by atoms with Gasteiger partial charge in [0, 0.05) is 31.6 Å². The van der Waals surface area contributed by atoms with E-state index >= 15 is 0 Å². The van der Waals surface area contributed by atoms with E-state index in [2.05, 4.69) is 36.2 Å². The topological polar surface area (TPSA) is 59.7 Å². The molecule has 0 aliphatic heterocycles. The highest BCUT2D eigenvalue weighted by atomic mass is 16.5. The highest BCUT2D eigenvalue weighted by molar-refractivity contribution is 5.81. The van der Waals surface area contributed by atoms with Gasteiger partial charge >= 0.3 is 0 Å². The first-order chi connectivity index (χ1) is 15.5. The summed E-state index contributed by atoms with van der Waals surface area (Å²) in [6.07, 6.45) is 3.98. The summed E-state index contributed by atoms with van der Waals surface area (Å²) in [6, 6.07) is 18.1. The number of methoxy groups -OCH3 is 1. The maximum Gasteiger partial charge on any atom is 0.229 e. The molecule has 32 heavy (non-hydrogen) atoms. The van der Waals surface area contributed by atoms with Crippen LogP contribution >= 0.6 is 0 Å². The fraction of sp³-hybridized carbons (Fsp3) is 0.269. The lowest BCUT2D eigenvalue weighted by Gasteiger charge is -2.22. The van der Waals surface area contributed by atoms with Gasteiger partial charge in [0.15, 0.2) is 0 Å². The number of aromatic nitrogens is 3. The second-order valence-electron chi connectivity index (χ2n) is 8.01. The number of pyridine rings is 2. The van der Waals surface area contributed by atoms with Crippen LogP contribution in [0.1, 0.15) is 22.5 Å². The van der Waals surface area contributed by atoms with Gasteiger partial charge in [-0.15, -0.1) is 0 Å². The van der Waals surface area contributed by atoms with Gasteiger partial charge in [0.2, 0.25) is 5.91 Å². The molecular weight excluding hydrogens is 400 g/mol. The van der Waals surface area contributed by atoms with Gasteiger partial charge in [0.05, 0.1) is 36.7 Å². The van der Waals surface area contributed by atoms with Gasteiger partial charge in [-0.1, -0.05) is 35.9 Å². The molecule has 0 unspecified atom stereocenters. The number of nitrogens with zero attached hydrogens (tertiary/aromatic N) is 4. The Balaban J connectivity index is 1.70. The first-order valence-electron chi connectivity index (χ1n) is 10.8. The van der Waals surface area contributed by atoms with Crippen LogP contribution in [0.5, 0.6) is 0 Å². The van der Waals surface area contributed by atoms with Gasteiger partial charge in [-0.05, 0) is 43.7 Å². The molecule has 0 saturated carbocycles. The summed E-state index contributed by atoms with van der Waals surface area (Å²) in [4.78, 5) is 24.5. The van der Waals surface area contributed by atoms with Gasteiger partial charge in [0.1, 0.15) is 5.65 Å². The number of hydrogen-bond acceptors (Lipinski definition) is 4. The molecule has 0 spiro atoms. The molecule has 1 amide bonds. The van der Waals surface area contributed by atoms with Crippen molar-refractivity contribution >= 4 is 11.6 Å². The summed E-state index contributed by atoms with van der Waals surface area (Å²) in [5.41, 5.74) is 6.75. The summed E-state index contributed by atoms with van der Waals surface area (Å²) in [5.74, 6) is 0.0171. The molecule has 4 aromatic rings. The minimum atomic E-state index is 0.0171. The quantitative estimate of drug-likeness (QED) is 0.421. The number of fused-ring (bicyclic) bond motifs is 1. The van der Waals surface area contributed by atoms with Crippen LogP contribution in [0.25, 0.3) is 16.9 Å². The van der Waals surface area contributed by atoms with Crippen molar-refractivity contribution in [3.63, 3.8) is 0 Å². The first-order valence-corrected chi connectivity index (χ1v) is 10.8. The van der Waals surface area contributed by atoms with Gasteiger partial charge < -0.3 is 14.0 Å². The molecule has 0 aliphatic carbocycles. The van der Waals surface area contributed by atoms with E-state index in [1.54, 1.807) is 18.2 Å². The van der Waals surface area contributed by atoms with Crippen molar-refractivity contribution < 1.29 is 9.53 Å². The van der Waals surface area contributed by atoms with Crippen LogP contribution in [-0.4, -0.2) is 45.4 Å². The van der Waals surface area contributed by atoms with E-state index in [1.807, 2.05) is 47.9 Å². The highest BCUT2D eigenvalue weighted by Gasteiger charge is 2.21. The standard InChI is InChI=1S/C26H28N4O2/c1-19-7-9-21(10-8-19)26-23(30-13-11-20(2)16-24(30)28-26)17-25(31)29(14-15-32-3)18-22-6-4-5-12-27-22/h4-13,16H,14-15,17-18H2,1-3H3. The number of rotatable bonds is 8. The van der Waals surface area contributed by atoms with E-state index in [0.29, 0.717) is 19.7 Å². The van der Waals surface area contributed by atoms with Crippen LogP contribution in [0.3, 0.4) is 0 Å². The number of aryl methyl sites for hydroxylation is 2. The predicted molar refractivity (Wildman–Crippen MR) is 125 cm³/mol. The zero-order valence-corrected chi connectivity index (χ0v) is 18.8. The average molecular weight is 429 g/mol. The Morgan fingerprint density at radius 3 is 2.59 bits per heavy atom. The van der Waals surface area contributed by atoms with E-state index in [0.717, 1.165) is 33.9 Å². The average Bonchev–Trinajstić information content (AvgIpc) is 3.15. The molecule has 0 atom stereocenters. The van der Waals surface area contributed by atoms with Crippen LogP contribution in [0.4, 0.5) is 0 Å². The summed E-state index contributed by atoms with van der Waals surface area (Å²) < 4.78 is 7.27. The predicted octanol–water partition coefficient (Wildman–Crippen LogP) is 4.23. The molecule has 0 aliphatic rings. The van der Waals surface area contributed by atoms with Crippen LogP contribution < -0.4 is 0 Å². The third-order valence-electron chi connectivity index (χ3n) is 5.52. The number of ether oxygens (including phenoxy) is 1. The molecule has 0 saturated heterocycles. The fourth-order valence-electron chi connectivity index (χ4n) is 3.74. The van der Waals surface area contributed by atoms with Gasteiger partial charge in [-0.25, -0.2) is 4.98 Å². The Morgan fingerprint density at radius 2 is 1.88 bits per heavy atom.